The Labute approximate surface area is 172 Å². The van der Waals surface area contributed by atoms with Gasteiger partial charge in [-0.15, -0.1) is 0 Å². The molecule has 0 aromatic rings. The lowest BCUT2D eigenvalue weighted by Gasteiger charge is -2.62. The molecule has 4 rings (SSSR count). The summed E-state index contributed by atoms with van der Waals surface area (Å²) in [6.45, 7) is 8.17. The van der Waals surface area contributed by atoms with Gasteiger partial charge in [0, 0.05) is 26.6 Å². The van der Waals surface area contributed by atoms with E-state index in [1.54, 1.807) is 7.11 Å². The summed E-state index contributed by atoms with van der Waals surface area (Å²) in [5, 5.41) is 11.5. The van der Waals surface area contributed by atoms with E-state index in [4.69, 9.17) is 4.74 Å². The molecule has 4 aliphatic carbocycles. The van der Waals surface area contributed by atoms with Crippen LogP contribution in [0, 0.1) is 46.3 Å². The topological polar surface area (TPSA) is 46.5 Å². The smallest absolute Gasteiger partial charge is 0.133 e. The normalized spacial score (nSPS) is 49.2. The first-order valence-electron chi connectivity index (χ1n) is 12.0. The molecule has 4 aliphatic rings. The van der Waals surface area contributed by atoms with Crippen LogP contribution in [0.15, 0.2) is 0 Å². The Morgan fingerprint density at radius 3 is 2.71 bits per heavy atom. The minimum absolute atomic E-state index is 0.0847. The zero-order chi connectivity index (χ0) is 20.1. The van der Waals surface area contributed by atoms with E-state index in [-0.39, 0.29) is 16.9 Å². The summed E-state index contributed by atoms with van der Waals surface area (Å²) in [6.07, 6.45) is 10.9. The number of rotatable bonds is 5. The summed E-state index contributed by atoms with van der Waals surface area (Å²) in [6, 6.07) is 0. The van der Waals surface area contributed by atoms with Gasteiger partial charge in [-0.2, -0.15) is 0 Å². The monoisotopic (exact) mass is 390 g/mol. The second-order valence-corrected chi connectivity index (χ2v) is 11.3. The molecule has 0 unspecified atom stereocenters. The second kappa shape index (κ2) is 7.69. The maximum atomic E-state index is 12.1. The quantitative estimate of drug-likeness (QED) is 0.652. The fourth-order valence-electron chi connectivity index (χ4n) is 8.72. The van der Waals surface area contributed by atoms with Crippen molar-refractivity contribution >= 4 is 5.78 Å². The van der Waals surface area contributed by atoms with Gasteiger partial charge < -0.3 is 9.84 Å². The van der Waals surface area contributed by atoms with E-state index in [0.29, 0.717) is 35.4 Å². The molecular weight excluding hydrogens is 348 g/mol. The molecule has 4 fully saturated rings. The minimum Gasteiger partial charge on any atom is -0.393 e. The highest BCUT2D eigenvalue weighted by atomic mass is 16.5. The van der Waals surface area contributed by atoms with Gasteiger partial charge in [0.1, 0.15) is 5.78 Å². The van der Waals surface area contributed by atoms with Crippen LogP contribution in [0.3, 0.4) is 0 Å². The number of hydrogen-bond donors (Lipinski definition) is 1. The van der Waals surface area contributed by atoms with Crippen molar-refractivity contribution in [3.8, 4) is 0 Å². The molecule has 0 amide bonds. The van der Waals surface area contributed by atoms with Crippen molar-refractivity contribution in [3.63, 3.8) is 0 Å². The predicted octanol–water partition coefficient (Wildman–Crippen LogP) is 5.25. The summed E-state index contributed by atoms with van der Waals surface area (Å²) >= 11 is 0. The molecule has 9 atom stereocenters. The molecule has 28 heavy (non-hydrogen) atoms. The number of methoxy groups -OCH3 is 1. The van der Waals surface area contributed by atoms with Crippen LogP contribution < -0.4 is 0 Å². The molecule has 0 aromatic heterocycles. The molecule has 1 N–H and O–H groups in total. The summed E-state index contributed by atoms with van der Waals surface area (Å²) in [4.78, 5) is 12.1. The van der Waals surface area contributed by atoms with Gasteiger partial charge >= 0.3 is 0 Å². The molecule has 4 saturated carbocycles. The maximum absolute atomic E-state index is 12.1. The van der Waals surface area contributed by atoms with E-state index in [1.807, 2.05) is 0 Å². The van der Waals surface area contributed by atoms with Crippen molar-refractivity contribution in [2.75, 3.05) is 13.7 Å². The summed E-state index contributed by atoms with van der Waals surface area (Å²) in [7, 11) is 1.79. The molecule has 160 valence electrons. The molecule has 0 aromatic carbocycles. The zero-order valence-corrected chi connectivity index (χ0v) is 18.6. The van der Waals surface area contributed by atoms with Crippen LogP contribution in [-0.2, 0) is 9.53 Å². The number of hydrogen-bond acceptors (Lipinski definition) is 3. The first kappa shape index (κ1) is 20.8. The number of Topliss-reactive ketones (excluding diaryl/α,β-unsaturated/α-hetero) is 1. The highest BCUT2D eigenvalue weighted by Gasteiger charge is 2.63. The van der Waals surface area contributed by atoms with Gasteiger partial charge in [-0.3, -0.25) is 4.79 Å². The van der Waals surface area contributed by atoms with Crippen molar-refractivity contribution < 1.29 is 14.6 Å². The van der Waals surface area contributed by atoms with Crippen LogP contribution in [0.1, 0.15) is 85.0 Å². The fraction of sp³-hybridized carbons (Fsp3) is 0.960. The van der Waals surface area contributed by atoms with E-state index in [2.05, 4.69) is 20.8 Å². The van der Waals surface area contributed by atoms with Crippen LogP contribution in [-0.4, -0.2) is 30.7 Å². The van der Waals surface area contributed by atoms with E-state index in [0.717, 1.165) is 44.6 Å². The van der Waals surface area contributed by atoms with Crippen molar-refractivity contribution in [2.24, 2.45) is 46.3 Å². The van der Waals surface area contributed by atoms with Gasteiger partial charge in [0.2, 0.25) is 0 Å². The molecule has 0 aliphatic heterocycles. The molecule has 3 nitrogen and oxygen atoms in total. The number of ether oxygens (including phenoxy) is 1. The Balaban J connectivity index is 1.55. The van der Waals surface area contributed by atoms with Crippen LogP contribution in [0.25, 0.3) is 0 Å². The van der Waals surface area contributed by atoms with Crippen molar-refractivity contribution in [2.45, 2.75) is 91.1 Å². The predicted molar refractivity (Wildman–Crippen MR) is 112 cm³/mol. The highest BCUT2D eigenvalue weighted by Crippen LogP contribution is 2.68. The first-order chi connectivity index (χ1) is 13.3. The number of ketones is 1. The Hall–Kier alpha value is -0.410. The molecule has 0 bridgehead atoms. The molecule has 0 saturated heterocycles. The van der Waals surface area contributed by atoms with Crippen LogP contribution >= 0.6 is 0 Å². The zero-order valence-electron chi connectivity index (χ0n) is 18.6. The first-order valence-corrected chi connectivity index (χ1v) is 12.0. The van der Waals surface area contributed by atoms with Gasteiger partial charge in [0.15, 0.2) is 0 Å². The minimum atomic E-state index is -0.177. The van der Waals surface area contributed by atoms with E-state index < -0.39 is 0 Å². The Morgan fingerprint density at radius 2 is 1.96 bits per heavy atom. The largest absolute Gasteiger partial charge is 0.393 e. The molecule has 0 spiro atoms. The third-order valence-electron chi connectivity index (χ3n) is 10.4. The third kappa shape index (κ3) is 3.11. The Morgan fingerprint density at radius 1 is 1.18 bits per heavy atom. The van der Waals surface area contributed by atoms with Crippen molar-refractivity contribution in [1.82, 2.24) is 0 Å². The fourth-order valence-corrected chi connectivity index (χ4v) is 8.72. The summed E-state index contributed by atoms with van der Waals surface area (Å²) < 4.78 is 5.27. The summed E-state index contributed by atoms with van der Waals surface area (Å²) in [5.74, 6) is 4.41. The maximum Gasteiger partial charge on any atom is 0.133 e. The number of aliphatic hydroxyl groups excluding tert-OH is 1. The molecule has 3 heteroatoms. The number of fused-ring (bicyclic) bond motifs is 5. The van der Waals surface area contributed by atoms with E-state index in [9.17, 15) is 9.90 Å². The second-order valence-electron chi connectivity index (χ2n) is 11.3. The van der Waals surface area contributed by atoms with Gasteiger partial charge in [0.25, 0.3) is 0 Å². The van der Waals surface area contributed by atoms with Crippen molar-refractivity contribution in [1.29, 1.82) is 0 Å². The highest BCUT2D eigenvalue weighted by molar-refractivity contribution is 5.79. The Kier molecular flexibility index (Phi) is 5.72. The molecular formula is C25H42O3. The standard InChI is InChI=1S/C25H42O3/c1-16(6-5-13-28-4)20-9-10-21-19-8-7-17-14-18(26)11-12-24(17,2)22(19)15-23(27)25(20,21)3/h16-17,19-23,27H,5-15H2,1-4H3/t16-,17-,19+,20-,21+,22+,23+,24+,25-/m1/s1. The van der Waals surface area contributed by atoms with Gasteiger partial charge in [0.05, 0.1) is 6.10 Å². The van der Waals surface area contributed by atoms with E-state index >= 15 is 0 Å². The van der Waals surface area contributed by atoms with Gasteiger partial charge in [-0.25, -0.2) is 0 Å². The van der Waals surface area contributed by atoms with Crippen LogP contribution in [0.2, 0.25) is 0 Å². The average Bonchev–Trinajstić information content (AvgIpc) is 3.02. The lowest BCUT2D eigenvalue weighted by atomic mass is 9.44. The number of aliphatic hydroxyl groups is 1. The van der Waals surface area contributed by atoms with Gasteiger partial charge in [-0.05, 0) is 97.7 Å². The SMILES string of the molecule is COCCC[C@@H](C)[C@H]1CC[C@H]2[C@@H]3CC[C@@H]4CC(=O)CC[C@]4(C)[C@H]3C[C@H](O)[C@]12C. The number of carbonyl (C=O) groups excluding carboxylic acids is 1. The van der Waals surface area contributed by atoms with E-state index in [1.165, 1.54) is 32.1 Å². The van der Waals surface area contributed by atoms with Crippen LogP contribution in [0.4, 0.5) is 0 Å². The van der Waals surface area contributed by atoms with Crippen molar-refractivity contribution in [3.05, 3.63) is 0 Å². The Bertz CT molecular complexity index is 588. The van der Waals surface area contributed by atoms with Gasteiger partial charge in [-0.1, -0.05) is 20.8 Å². The van der Waals surface area contributed by atoms with Crippen LogP contribution in [0.5, 0.6) is 0 Å². The number of carbonyl (C=O) groups is 1. The molecule has 0 heterocycles. The summed E-state index contributed by atoms with van der Waals surface area (Å²) in [5.41, 5.74) is 0.364. The lowest BCUT2D eigenvalue weighted by molar-refractivity contribution is -0.170. The molecule has 0 radical (unpaired) electrons. The average molecular weight is 391 g/mol. The lowest BCUT2D eigenvalue weighted by Crippen LogP contribution is -2.58. The third-order valence-corrected chi connectivity index (χ3v) is 10.4.